The second-order valence-electron chi connectivity index (χ2n) is 7.06. The average molecular weight is 420 g/mol. The standard InChI is InChI=1S/C24H21FN2O4/c1-15-7-8-17(25)12-22(15)31-19-9-10-20-21(13-19)27(2)23(26-20)14-30-18-6-4-5-16(11-18)24(28)29-3/h4-13H,14H2,1-3H3. The molecule has 31 heavy (non-hydrogen) atoms. The van der Waals surface area contributed by atoms with Crippen LogP contribution in [0.3, 0.4) is 0 Å². The van der Waals surface area contributed by atoms with Crippen LogP contribution in [0, 0.1) is 12.7 Å². The maximum absolute atomic E-state index is 13.6. The third-order valence-corrected chi connectivity index (χ3v) is 4.95. The lowest BCUT2D eigenvalue weighted by Gasteiger charge is -2.09. The van der Waals surface area contributed by atoms with Crippen molar-refractivity contribution >= 4 is 17.0 Å². The second kappa shape index (κ2) is 8.47. The second-order valence-corrected chi connectivity index (χ2v) is 7.06. The smallest absolute Gasteiger partial charge is 0.337 e. The first-order valence-corrected chi connectivity index (χ1v) is 9.65. The zero-order valence-electron chi connectivity index (χ0n) is 17.4. The molecule has 0 saturated carbocycles. The first kappa shape index (κ1) is 20.4. The van der Waals surface area contributed by atoms with Crippen molar-refractivity contribution in [2.24, 2.45) is 7.05 Å². The third-order valence-electron chi connectivity index (χ3n) is 4.95. The molecular formula is C24H21FN2O4. The van der Waals surface area contributed by atoms with E-state index in [4.69, 9.17) is 14.2 Å². The fraction of sp³-hybridized carbons (Fsp3) is 0.167. The minimum absolute atomic E-state index is 0.217. The lowest BCUT2D eigenvalue weighted by molar-refractivity contribution is 0.0600. The lowest BCUT2D eigenvalue weighted by atomic mass is 10.2. The Labute approximate surface area is 178 Å². The third kappa shape index (κ3) is 4.35. The van der Waals surface area contributed by atoms with Gasteiger partial charge in [0, 0.05) is 19.2 Å². The number of carbonyl (C=O) groups is 1. The molecule has 0 radical (unpaired) electrons. The number of benzene rings is 3. The molecule has 158 valence electrons. The predicted molar refractivity (Wildman–Crippen MR) is 114 cm³/mol. The van der Waals surface area contributed by atoms with E-state index in [2.05, 4.69) is 4.98 Å². The van der Waals surface area contributed by atoms with E-state index < -0.39 is 5.97 Å². The molecule has 0 bridgehead atoms. The molecule has 0 atom stereocenters. The van der Waals surface area contributed by atoms with Gasteiger partial charge in [0.05, 0.1) is 23.7 Å². The number of halogens is 1. The fourth-order valence-electron chi connectivity index (χ4n) is 3.20. The van der Waals surface area contributed by atoms with Gasteiger partial charge in [-0.1, -0.05) is 12.1 Å². The molecule has 0 fully saturated rings. The number of imidazole rings is 1. The van der Waals surface area contributed by atoms with Gasteiger partial charge in [0.2, 0.25) is 0 Å². The maximum Gasteiger partial charge on any atom is 0.337 e. The van der Waals surface area contributed by atoms with Crippen molar-refractivity contribution < 1.29 is 23.4 Å². The quantitative estimate of drug-likeness (QED) is 0.402. The number of methoxy groups -OCH3 is 1. The summed E-state index contributed by atoms with van der Waals surface area (Å²) < 4.78 is 31.9. The van der Waals surface area contributed by atoms with E-state index in [1.165, 1.54) is 19.2 Å². The van der Waals surface area contributed by atoms with Crippen molar-refractivity contribution in [1.29, 1.82) is 0 Å². The summed E-state index contributed by atoms with van der Waals surface area (Å²) in [6.07, 6.45) is 0. The number of ether oxygens (including phenoxy) is 3. The Morgan fingerprint density at radius 1 is 1.06 bits per heavy atom. The Hall–Kier alpha value is -3.87. The summed E-state index contributed by atoms with van der Waals surface area (Å²) in [5, 5.41) is 0. The highest BCUT2D eigenvalue weighted by Gasteiger charge is 2.12. The maximum atomic E-state index is 13.6. The number of nitrogens with zero attached hydrogens (tertiary/aromatic N) is 2. The van der Waals surface area contributed by atoms with Gasteiger partial charge in [-0.2, -0.15) is 0 Å². The van der Waals surface area contributed by atoms with Crippen LogP contribution in [0.2, 0.25) is 0 Å². The van der Waals surface area contributed by atoms with E-state index in [0.29, 0.717) is 28.6 Å². The van der Waals surface area contributed by atoms with E-state index in [1.807, 2.05) is 30.7 Å². The van der Waals surface area contributed by atoms with Crippen molar-refractivity contribution in [3.05, 3.63) is 83.4 Å². The molecule has 1 aromatic heterocycles. The molecule has 6 nitrogen and oxygen atoms in total. The molecule has 0 aliphatic heterocycles. The highest BCUT2D eigenvalue weighted by molar-refractivity contribution is 5.89. The summed E-state index contributed by atoms with van der Waals surface area (Å²) in [5.74, 6) is 1.53. The van der Waals surface area contributed by atoms with Gasteiger partial charge in [-0.15, -0.1) is 0 Å². The number of aromatic nitrogens is 2. The van der Waals surface area contributed by atoms with Crippen LogP contribution in [0.25, 0.3) is 11.0 Å². The molecule has 0 N–H and O–H groups in total. The van der Waals surface area contributed by atoms with Gasteiger partial charge >= 0.3 is 5.97 Å². The number of fused-ring (bicyclic) bond motifs is 1. The van der Waals surface area contributed by atoms with Crippen LogP contribution in [-0.4, -0.2) is 22.6 Å². The summed E-state index contributed by atoms with van der Waals surface area (Å²) in [6, 6.07) is 16.7. The Morgan fingerprint density at radius 2 is 1.90 bits per heavy atom. The van der Waals surface area contributed by atoms with Gasteiger partial charge in [0.25, 0.3) is 0 Å². The number of carbonyl (C=O) groups excluding carboxylic acids is 1. The summed E-state index contributed by atoms with van der Waals surface area (Å²) in [7, 11) is 3.22. The number of esters is 1. The molecule has 1 heterocycles. The zero-order valence-corrected chi connectivity index (χ0v) is 17.4. The first-order valence-electron chi connectivity index (χ1n) is 9.65. The van der Waals surface area contributed by atoms with Crippen molar-refractivity contribution in [1.82, 2.24) is 9.55 Å². The zero-order chi connectivity index (χ0) is 22.0. The highest BCUT2D eigenvalue weighted by Crippen LogP contribution is 2.29. The van der Waals surface area contributed by atoms with Crippen LogP contribution in [0.15, 0.2) is 60.7 Å². The lowest BCUT2D eigenvalue weighted by Crippen LogP contribution is -2.05. The van der Waals surface area contributed by atoms with Crippen LogP contribution >= 0.6 is 0 Å². The van der Waals surface area contributed by atoms with Crippen LogP contribution in [0.1, 0.15) is 21.7 Å². The molecular weight excluding hydrogens is 399 g/mol. The normalized spacial score (nSPS) is 10.8. The Morgan fingerprint density at radius 3 is 2.71 bits per heavy atom. The first-order chi connectivity index (χ1) is 14.9. The van der Waals surface area contributed by atoms with Gasteiger partial charge in [-0.05, 0) is 48.9 Å². The largest absolute Gasteiger partial charge is 0.486 e. The molecule has 0 amide bonds. The van der Waals surface area contributed by atoms with E-state index in [-0.39, 0.29) is 12.4 Å². The van der Waals surface area contributed by atoms with Crippen molar-refractivity contribution in [2.45, 2.75) is 13.5 Å². The van der Waals surface area contributed by atoms with Crippen molar-refractivity contribution in [3.8, 4) is 17.2 Å². The van der Waals surface area contributed by atoms with Crippen LogP contribution < -0.4 is 9.47 Å². The Kier molecular flexibility index (Phi) is 5.58. The van der Waals surface area contributed by atoms with Gasteiger partial charge in [0.1, 0.15) is 35.5 Å². The topological polar surface area (TPSA) is 62.6 Å². The fourth-order valence-corrected chi connectivity index (χ4v) is 3.20. The van der Waals surface area contributed by atoms with Gasteiger partial charge < -0.3 is 18.8 Å². The summed E-state index contributed by atoms with van der Waals surface area (Å²) in [6.45, 7) is 2.08. The van der Waals surface area contributed by atoms with Crippen LogP contribution in [-0.2, 0) is 18.4 Å². The predicted octanol–water partition coefficient (Wildman–Crippen LogP) is 5.18. The minimum Gasteiger partial charge on any atom is -0.486 e. The Bertz CT molecular complexity index is 1270. The number of hydrogen-bond acceptors (Lipinski definition) is 5. The molecule has 3 aromatic carbocycles. The Balaban J connectivity index is 1.54. The van der Waals surface area contributed by atoms with E-state index in [0.717, 1.165) is 16.6 Å². The van der Waals surface area contributed by atoms with Gasteiger partial charge in [-0.25, -0.2) is 14.2 Å². The SMILES string of the molecule is COC(=O)c1cccc(OCc2nc3ccc(Oc4cc(F)ccc4C)cc3n2C)c1. The molecule has 0 unspecified atom stereocenters. The van der Waals surface area contributed by atoms with E-state index in [1.54, 1.807) is 36.4 Å². The number of aryl methyl sites for hydroxylation is 2. The molecule has 0 spiro atoms. The average Bonchev–Trinajstić information content (AvgIpc) is 3.09. The highest BCUT2D eigenvalue weighted by atomic mass is 19.1. The number of rotatable bonds is 6. The monoisotopic (exact) mass is 420 g/mol. The van der Waals surface area contributed by atoms with E-state index >= 15 is 0 Å². The minimum atomic E-state index is -0.422. The van der Waals surface area contributed by atoms with E-state index in [9.17, 15) is 9.18 Å². The molecule has 4 rings (SSSR count). The van der Waals surface area contributed by atoms with Crippen molar-refractivity contribution in [2.75, 3.05) is 7.11 Å². The van der Waals surface area contributed by atoms with Crippen LogP contribution in [0.4, 0.5) is 4.39 Å². The summed E-state index contributed by atoms with van der Waals surface area (Å²) in [4.78, 5) is 16.3. The molecule has 0 saturated heterocycles. The summed E-state index contributed by atoms with van der Waals surface area (Å²) >= 11 is 0. The molecule has 7 heteroatoms. The van der Waals surface area contributed by atoms with Gasteiger partial charge in [-0.3, -0.25) is 0 Å². The molecule has 0 aliphatic carbocycles. The van der Waals surface area contributed by atoms with Crippen LogP contribution in [0.5, 0.6) is 17.2 Å². The number of hydrogen-bond donors (Lipinski definition) is 0. The van der Waals surface area contributed by atoms with Crippen molar-refractivity contribution in [3.63, 3.8) is 0 Å². The molecule has 4 aromatic rings. The molecule has 0 aliphatic rings. The van der Waals surface area contributed by atoms with Gasteiger partial charge in [0.15, 0.2) is 0 Å². The summed E-state index contributed by atoms with van der Waals surface area (Å²) in [5.41, 5.74) is 2.90.